The Bertz CT molecular complexity index is 1320. The van der Waals surface area contributed by atoms with Crippen molar-refractivity contribution in [2.75, 3.05) is 12.4 Å². The van der Waals surface area contributed by atoms with Crippen molar-refractivity contribution >= 4 is 23.3 Å². The van der Waals surface area contributed by atoms with Crippen LogP contribution in [0.4, 0.5) is 5.82 Å². The molecule has 2 aromatic carbocycles. The van der Waals surface area contributed by atoms with Crippen molar-refractivity contribution in [3.05, 3.63) is 76.6 Å². The lowest BCUT2D eigenvalue weighted by Gasteiger charge is -2.25. The molecule has 0 spiro atoms. The Hall–Kier alpha value is -3.78. The van der Waals surface area contributed by atoms with E-state index in [2.05, 4.69) is 25.6 Å². The lowest BCUT2D eigenvalue weighted by Crippen LogP contribution is -2.25. The summed E-state index contributed by atoms with van der Waals surface area (Å²) in [4.78, 5) is 17.3. The molecule has 0 aliphatic carbocycles. The number of anilines is 1. The van der Waals surface area contributed by atoms with Crippen LogP contribution in [0.15, 0.2) is 54.7 Å². The molecule has 0 saturated heterocycles. The van der Waals surface area contributed by atoms with Crippen LogP contribution in [0.25, 0.3) is 17.2 Å². The Labute approximate surface area is 189 Å². The number of aryl methyl sites for hydroxylation is 1. The molecule has 0 fully saturated rings. The number of ether oxygens (including phenoxy) is 1. The Kier molecular flexibility index (Phi) is 5.07. The van der Waals surface area contributed by atoms with Crippen LogP contribution >= 0.6 is 11.6 Å². The van der Waals surface area contributed by atoms with Gasteiger partial charge in [-0.1, -0.05) is 41.9 Å². The largest absolute Gasteiger partial charge is 0.496 e. The van der Waals surface area contributed by atoms with E-state index in [-0.39, 0.29) is 17.8 Å². The minimum atomic E-state index is -0.198. The Morgan fingerprint density at radius 2 is 1.94 bits per heavy atom. The monoisotopic (exact) mass is 446 g/mol. The highest BCUT2D eigenvalue weighted by atomic mass is 35.5. The molecule has 9 heteroatoms. The van der Waals surface area contributed by atoms with Crippen LogP contribution in [0.5, 0.6) is 5.75 Å². The van der Waals surface area contributed by atoms with Gasteiger partial charge in [-0.25, -0.2) is 4.98 Å². The second-order valence-electron chi connectivity index (χ2n) is 7.45. The van der Waals surface area contributed by atoms with Gasteiger partial charge < -0.3 is 10.1 Å². The number of methoxy groups -OCH3 is 1. The number of para-hydroxylation sites is 1. The Balaban J connectivity index is 1.62. The minimum absolute atomic E-state index is 0.114. The molecule has 0 unspecified atom stereocenters. The average molecular weight is 447 g/mol. The van der Waals surface area contributed by atoms with Gasteiger partial charge in [0.15, 0.2) is 0 Å². The second-order valence-corrected chi connectivity index (χ2v) is 7.89. The summed E-state index contributed by atoms with van der Waals surface area (Å²) in [7, 11) is 1.63. The molecular formula is C23H19ClN6O2. The van der Waals surface area contributed by atoms with Crippen molar-refractivity contribution in [2.24, 2.45) is 0 Å². The fourth-order valence-corrected chi connectivity index (χ4v) is 4.18. The molecule has 2 aromatic heterocycles. The van der Waals surface area contributed by atoms with E-state index in [1.807, 2.05) is 43.3 Å². The number of amides is 1. The summed E-state index contributed by atoms with van der Waals surface area (Å²) < 4.78 is 7.09. The summed E-state index contributed by atoms with van der Waals surface area (Å²) in [5.74, 6) is 1.23. The predicted molar refractivity (Wildman–Crippen MR) is 120 cm³/mol. The molecule has 4 aromatic rings. The predicted octanol–water partition coefficient (Wildman–Crippen LogP) is 4.17. The number of fused-ring (bicyclic) bond motifs is 1. The highest BCUT2D eigenvalue weighted by Crippen LogP contribution is 2.42. The van der Waals surface area contributed by atoms with Gasteiger partial charge in [0.1, 0.15) is 11.6 Å². The third-order valence-corrected chi connectivity index (χ3v) is 5.75. The number of carbonyl (C=O) groups excluding carboxylic acids is 1. The number of nitrogens with zero attached hydrogens (tertiary/aromatic N) is 5. The van der Waals surface area contributed by atoms with E-state index >= 15 is 0 Å². The number of carbonyl (C=O) groups is 1. The maximum absolute atomic E-state index is 12.7. The molecular weight excluding hydrogens is 428 g/mol. The number of hydrogen-bond acceptors (Lipinski definition) is 6. The minimum Gasteiger partial charge on any atom is -0.496 e. The number of benzene rings is 2. The summed E-state index contributed by atoms with van der Waals surface area (Å²) >= 11 is 6.00. The molecule has 32 heavy (non-hydrogen) atoms. The van der Waals surface area contributed by atoms with Gasteiger partial charge in [0, 0.05) is 34.1 Å². The molecule has 1 atom stereocenters. The van der Waals surface area contributed by atoms with Crippen molar-refractivity contribution in [1.29, 1.82) is 0 Å². The van der Waals surface area contributed by atoms with E-state index in [4.69, 9.17) is 16.3 Å². The van der Waals surface area contributed by atoms with Crippen LogP contribution in [-0.2, 0) is 4.79 Å². The molecule has 1 N–H and O–H groups in total. The summed E-state index contributed by atoms with van der Waals surface area (Å²) in [6, 6.07) is 15.0. The number of nitrogens with one attached hydrogen (secondary N) is 1. The van der Waals surface area contributed by atoms with Gasteiger partial charge in [-0.05, 0) is 25.1 Å². The van der Waals surface area contributed by atoms with Crippen molar-refractivity contribution in [1.82, 2.24) is 25.0 Å². The van der Waals surface area contributed by atoms with Crippen molar-refractivity contribution in [2.45, 2.75) is 19.3 Å². The number of aromatic nitrogens is 5. The molecule has 160 valence electrons. The van der Waals surface area contributed by atoms with E-state index in [0.29, 0.717) is 23.0 Å². The van der Waals surface area contributed by atoms with Crippen molar-refractivity contribution in [3.8, 4) is 23.0 Å². The van der Waals surface area contributed by atoms with Crippen molar-refractivity contribution in [3.63, 3.8) is 0 Å². The Morgan fingerprint density at radius 1 is 1.16 bits per heavy atom. The van der Waals surface area contributed by atoms with Gasteiger partial charge in [-0.2, -0.15) is 14.9 Å². The molecule has 0 bridgehead atoms. The topological polar surface area (TPSA) is 94.8 Å². The molecule has 1 aliphatic rings. The van der Waals surface area contributed by atoms with Gasteiger partial charge in [0.2, 0.25) is 5.91 Å². The Morgan fingerprint density at radius 3 is 2.72 bits per heavy atom. The first-order valence-electron chi connectivity index (χ1n) is 10.0. The number of halogens is 1. The van der Waals surface area contributed by atoms with E-state index in [9.17, 15) is 4.79 Å². The van der Waals surface area contributed by atoms with Gasteiger partial charge in [-0.3, -0.25) is 4.79 Å². The number of rotatable bonds is 4. The second kappa shape index (κ2) is 8.05. The maximum Gasteiger partial charge on any atom is 0.272 e. The van der Waals surface area contributed by atoms with E-state index in [1.165, 1.54) is 4.68 Å². The number of hydrogen-bond donors (Lipinski definition) is 1. The zero-order valence-corrected chi connectivity index (χ0v) is 18.2. The van der Waals surface area contributed by atoms with E-state index in [1.54, 1.807) is 25.4 Å². The van der Waals surface area contributed by atoms with Gasteiger partial charge in [0.05, 0.1) is 24.7 Å². The lowest BCUT2D eigenvalue weighted by atomic mass is 9.85. The molecule has 3 heterocycles. The van der Waals surface area contributed by atoms with E-state index < -0.39 is 0 Å². The standard InChI is InChI=1S/C23H19ClN6O2/c1-13-21-17(16-5-3-4-6-19(16)32-2)11-20(31)27-22(21)30(29-13)23-26-18(12-25-28-23)14-7-9-15(24)10-8-14/h3-10,12,17H,11H2,1-2H3,(H,27,31)/t17-/m1/s1. The van der Waals surface area contributed by atoms with Crippen LogP contribution in [0.2, 0.25) is 5.02 Å². The summed E-state index contributed by atoms with van der Waals surface area (Å²) in [5, 5.41) is 16.5. The van der Waals surface area contributed by atoms with Crippen LogP contribution in [0, 0.1) is 6.92 Å². The van der Waals surface area contributed by atoms with Crippen LogP contribution in [0.3, 0.4) is 0 Å². The summed E-state index contributed by atoms with van der Waals surface area (Å²) in [6.45, 7) is 1.91. The molecule has 0 radical (unpaired) electrons. The third-order valence-electron chi connectivity index (χ3n) is 5.49. The fraction of sp³-hybridized carbons (Fsp3) is 0.174. The average Bonchev–Trinajstić information content (AvgIpc) is 3.15. The highest BCUT2D eigenvalue weighted by Gasteiger charge is 2.34. The lowest BCUT2D eigenvalue weighted by molar-refractivity contribution is -0.116. The summed E-state index contributed by atoms with van der Waals surface area (Å²) in [5.41, 5.74) is 4.09. The van der Waals surface area contributed by atoms with Crippen LogP contribution in [-0.4, -0.2) is 38.0 Å². The summed E-state index contributed by atoms with van der Waals surface area (Å²) in [6.07, 6.45) is 1.87. The van der Waals surface area contributed by atoms with Gasteiger partial charge >= 0.3 is 0 Å². The van der Waals surface area contributed by atoms with Gasteiger partial charge in [0.25, 0.3) is 5.95 Å². The fourth-order valence-electron chi connectivity index (χ4n) is 4.06. The zero-order valence-electron chi connectivity index (χ0n) is 17.4. The first-order valence-corrected chi connectivity index (χ1v) is 10.4. The third kappa shape index (κ3) is 3.48. The van der Waals surface area contributed by atoms with Crippen LogP contribution in [0.1, 0.15) is 29.2 Å². The molecule has 8 nitrogen and oxygen atoms in total. The van der Waals surface area contributed by atoms with Crippen molar-refractivity contribution < 1.29 is 9.53 Å². The van der Waals surface area contributed by atoms with Crippen LogP contribution < -0.4 is 10.1 Å². The molecule has 0 saturated carbocycles. The molecule has 5 rings (SSSR count). The normalized spacial score (nSPS) is 15.2. The smallest absolute Gasteiger partial charge is 0.272 e. The SMILES string of the molecule is COc1ccccc1[C@H]1CC(=O)Nc2c1c(C)nn2-c1nncc(-c2ccc(Cl)cc2)n1. The quantitative estimate of drug-likeness (QED) is 0.505. The molecule has 1 amide bonds. The maximum atomic E-state index is 12.7. The first-order chi connectivity index (χ1) is 15.5. The first kappa shape index (κ1) is 20.1. The highest BCUT2D eigenvalue weighted by molar-refractivity contribution is 6.30. The van der Waals surface area contributed by atoms with Gasteiger partial charge in [-0.15, -0.1) is 5.10 Å². The zero-order chi connectivity index (χ0) is 22.2. The van der Waals surface area contributed by atoms with E-state index in [0.717, 1.165) is 28.1 Å². The molecule has 1 aliphatic heterocycles.